The Morgan fingerprint density at radius 2 is 2.10 bits per heavy atom. The summed E-state index contributed by atoms with van der Waals surface area (Å²) >= 11 is 0. The highest BCUT2D eigenvalue weighted by atomic mass is 16.5. The molecule has 0 saturated heterocycles. The van der Waals surface area contributed by atoms with Gasteiger partial charge in [-0.2, -0.15) is 5.26 Å². The van der Waals surface area contributed by atoms with Crippen LogP contribution in [0.5, 0.6) is 0 Å². The summed E-state index contributed by atoms with van der Waals surface area (Å²) in [6.45, 7) is 1.17. The number of hydrogen-bond acceptors (Lipinski definition) is 4. The van der Waals surface area contributed by atoms with Crippen molar-refractivity contribution in [1.82, 2.24) is 0 Å². The van der Waals surface area contributed by atoms with Gasteiger partial charge >= 0.3 is 5.97 Å². The molecule has 0 amide bonds. The molecule has 0 heterocycles. The van der Waals surface area contributed by atoms with Gasteiger partial charge in [-0.05, 0) is 6.92 Å². The Hall–Kier alpha value is -1.37. The zero-order valence-corrected chi connectivity index (χ0v) is 5.75. The third-order valence-electron chi connectivity index (χ3n) is 0.973. The van der Waals surface area contributed by atoms with Crippen molar-refractivity contribution in [3.63, 3.8) is 0 Å². The molecule has 0 aromatic carbocycles. The number of ketones is 1. The van der Waals surface area contributed by atoms with Crippen LogP contribution in [0.1, 0.15) is 6.92 Å². The van der Waals surface area contributed by atoms with E-state index in [1.54, 1.807) is 0 Å². The van der Waals surface area contributed by atoms with E-state index in [4.69, 9.17) is 5.26 Å². The van der Waals surface area contributed by atoms with Gasteiger partial charge in [0, 0.05) is 0 Å². The zero-order chi connectivity index (χ0) is 8.15. The second-order valence-electron chi connectivity index (χ2n) is 1.70. The van der Waals surface area contributed by atoms with E-state index >= 15 is 0 Å². The normalized spacial score (nSPS) is 11.3. The van der Waals surface area contributed by atoms with Crippen LogP contribution >= 0.6 is 0 Å². The molecule has 0 rings (SSSR count). The smallest absolute Gasteiger partial charge is 0.330 e. The Kier molecular flexibility index (Phi) is 3.12. The van der Waals surface area contributed by atoms with Gasteiger partial charge in [0.1, 0.15) is 0 Å². The maximum absolute atomic E-state index is 10.5. The molecule has 0 spiro atoms. The summed E-state index contributed by atoms with van der Waals surface area (Å²) in [5, 5.41) is 8.23. The fourth-order valence-corrected chi connectivity index (χ4v) is 0.427. The van der Waals surface area contributed by atoms with Crippen LogP contribution in [0.2, 0.25) is 0 Å². The van der Waals surface area contributed by atoms with Gasteiger partial charge in [-0.25, -0.2) is 0 Å². The summed E-state index contributed by atoms with van der Waals surface area (Å²) in [5.74, 6) is -2.55. The average Bonchev–Trinajstić information content (AvgIpc) is 1.88. The molecule has 0 aromatic rings. The van der Waals surface area contributed by atoms with E-state index in [-0.39, 0.29) is 0 Å². The fraction of sp³-hybridized carbons (Fsp3) is 0.500. The summed E-state index contributed by atoms with van der Waals surface area (Å²) in [7, 11) is 1.13. The lowest BCUT2D eigenvalue weighted by atomic mass is 10.1. The van der Waals surface area contributed by atoms with Gasteiger partial charge in [0.2, 0.25) is 5.92 Å². The third-order valence-corrected chi connectivity index (χ3v) is 0.973. The lowest BCUT2D eigenvalue weighted by molar-refractivity contribution is -0.146. The Balaban J connectivity index is 4.25. The van der Waals surface area contributed by atoms with Crippen molar-refractivity contribution in [3.05, 3.63) is 0 Å². The molecule has 0 aliphatic carbocycles. The molecule has 54 valence electrons. The van der Waals surface area contributed by atoms with Crippen molar-refractivity contribution in [2.24, 2.45) is 5.92 Å². The summed E-state index contributed by atoms with van der Waals surface area (Å²) in [4.78, 5) is 21.0. The quantitative estimate of drug-likeness (QED) is 0.397. The molecule has 0 aliphatic heterocycles. The van der Waals surface area contributed by atoms with Crippen LogP contribution in [0.4, 0.5) is 0 Å². The number of hydrogen-bond donors (Lipinski definition) is 0. The van der Waals surface area contributed by atoms with Crippen LogP contribution in [0, 0.1) is 17.2 Å². The molecule has 0 fully saturated rings. The maximum atomic E-state index is 10.5. The monoisotopic (exact) mass is 141 g/mol. The first-order valence-corrected chi connectivity index (χ1v) is 2.61. The van der Waals surface area contributed by atoms with Crippen molar-refractivity contribution in [3.8, 4) is 6.07 Å². The summed E-state index contributed by atoms with van der Waals surface area (Å²) in [6, 6.07) is 1.53. The van der Waals surface area contributed by atoms with Crippen LogP contribution in [-0.4, -0.2) is 18.9 Å². The molecule has 0 saturated carbocycles. The Morgan fingerprint density at radius 3 is 2.20 bits per heavy atom. The predicted molar refractivity (Wildman–Crippen MR) is 31.8 cm³/mol. The van der Waals surface area contributed by atoms with Gasteiger partial charge in [0.25, 0.3) is 0 Å². The third kappa shape index (κ3) is 1.86. The molecule has 0 bridgehead atoms. The lowest BCUT2D eigenvalue weighted by Gasteiger charge is -1.99. The van der Waals surface area contributed by atoms with Crippen molar-refractivity contribution < 1.29 is 14.3 Å². The first kappa shape index (κ1) is 8.63. The second-order valence-corrected chi connectivity index (χ2v) is 1.70. The predicted octanol–water partition coefficient (Wildman–Crippen LogP) is -0.112. The van der Waals surface area contributed by atoms with Gasteiger partial charge in [-0.3, -0.25) is 9.59 Å². The Labute approximate surface area is 58.4 Å². The highest BCUT2D eigenvalue weighted by Crippen LogP contribution is 1.97. The summed E-state index contributed by atoms with van der Waals surface area (Å²) < 4.78 is 4.18. The van der Waals surface area contributed by atoms with Gasteiger partial charge in [0.15, 0.2) is 5.78 Å². The molecule has 4 nitrogen and oxygen atoms in total. The van der Waals surface area contributed by atoms with Crippen LogP contribution in [-0.2, 0) is 14.3 Å². The zero-order valence-electron chi connectivity index (χ0n) is 5.75. The van der Waals surface area contributed by atoms with E-state index in [1.807, 2.05) is 0 Å². The first-order valence-electron chi connectivity index (χ1n) is 2.61. The average molecular weight is 141 g/mol. The van der Waals surface area contributed by atoms with Gasteiger partial charge in [-0.1, -0.05) is 0 Å². The minimum absolute atomic E-state index is 0.491. The minimum Gasteiger partial charge on any atom is -0.468 e. The largest absolute Gasteiger partial charge is 0.468 e. The van der Waals surface area contributed by atoms with Crippen LogP contribution in [0.3, 0.4) is 0 Å². The number of carbonyl (C=O) groups excluding carboxylic acids is 2. The number of methoxy groups -OCH3 is 1. The maximum Gasteiger partial charge on any atom is 0.330 e. The van der Waals surface area contributed by atoms with Gasteiger partial charge < -0.3 is 4.74 Å². The van der Waals surface area contributed by atoms with E-state index in [0.29, 0.717) is 0 Å². The molecular formula is C6H7NO3. The molecule has 0 unspecified atom stereocenters. The van der Waals surface area contributed by atoms with Crippen LogP contribution in [0.15, 0.2) is 0 Å². The standard InChI is InChI=1S/C6H7NO3/c1-4(8)5(3-7)6(9)10-2/h5H,1-2H3/t5-/m1/s1. The molecule has 0 N–H and O–H groups in total. The van der Waals surface area contributed by atoms with Crippen molar-refractivity contribution >= 4 is 11.8 Å². The number of esters is 1. The molecule has 1 atom stereocenters. The molecule has 10 heavy (non-hydrogen) atoms. The molecule has 0 radical (unpaired) electrons. The SMILES string of the molecule is COC(=O)[C@H](C#N)C(C)=O. The second kappa shape index (κ2) is 3.62. The van der Waals surface area contributed by atoms with Crippen LogP contribution < -0.4 is 0 Å². The Bertz CT molecular complexity index is 192. The number of Topliss-reactive ketones (excluding diaryl/α,β-unsaturated/α-hetero) is 1. The van der Waals surface area contributed by atoms with Crippen molar-refractivity contribution in [2.45, 2.75) is 6.92 Å². The Morgan fingerprint density at radius 1 is 1.60 bits per heavy atom. The molecule has 0 aromatic heterocycles. The number of ether oxygens (including phenoxy) is 1. The van der Waals surface area contributed by atoms with E-state index in [1.165, 1.54) is 13.0 Å². The minimum atomic E-state index is -1.26. The van der Waals surface area contributed by atoms with Crippen molar-refractivity contribution in [2.75, 3.05) is 7.11 Å². The van der Waals surface area contributed by atoms with Crippen LogP contribution in [0.25, 0.3) is 0 Å². The highest BCUT2D eigenvalue weighted by Gasteiger charge is 2.22. The lowest BCUT2D eigenvalue weighted by Crippen LogP contribution is -2.21. The molecule has 0 aliphatic rings. The van der Waals surface area contributed by atoms with E-state index in [0.717, 1.165) is 7.11 Å². The summed E-state index contributed by atoms with van der Waals surface area (Å²) in [6.07, 6.45) is 0. The number of rotatable bonds is 2. The topological polar surface area (TPSA) is 67.2 Å². The first-order chi connectivity index (χ1) is 4.63. The number of nitrogens with zero attached hydrogens (tertiary/aromatic N) is 1. The highest BCUT2D eigenvalue weighted by molar-refractivity contribution is 6.00. The van der Waals surface area contributed by atoms with Gasteiger partial charge in [-0.15, -0.1) is 0 Å². The van der Waals surface area contributed by atoms with Crippen molar-refractivity contribution in [1.29, 1.82) is 5.26 Å². The number of carbonyl (C=O) groups is 2. The number of nitriles is 1. The van der Waals surface area contributed by atoms with Gasteiger partial charge in [0.05, 0.1) is 13.2 Å². The fourth-order valence-electron chi connectivity index (χ4n) is 0.427. The van der Waals surface area contributed by atoms with E-state index in [2.05, 4.69) is 4.74 Å². The van der Waals surface area contributed by atoms with E-state index in [9.17, 15) is 9.59 Å². The molecular weight excluding hydrogens is 134 g/mol. The molecule has 4 heteroatoms. The van der Waals surface area contributed by atoms with E-state index < -0.39 is 17.7 Å². The summed E-state index contributed by atoms with van der Waals surface area (Å²) in [5.41, 5.74) is 0.